The van der Waals surface area contributed by atoms with Crippen molar-refractivity contribution < 1.29 is 22.8 Å². The molecule has 0 aliphatic carbocycles. The zero-order chi connectivity index (χ0) is 23.8. The molecule has 3 heterocycles. The van der Waals surface area contributed by atoms with Crippen molar-refractivity contribution >= 4 is 11.5 Å². The van der Waals surface area contributed by atoms with Crippen LogP contribution in [0, 0.1) is 10.1 Å². The van der Waals surface area contributed by atoms with E-state index in [0.717, 1.165) is 57.1 Å². The van der Waals surface area contributed by atoms with E-state index in [1.54, 1.807) is 4.57 Å². The highest BCUT2D eigenvalue weighted by Crippen LogP contribution is 2.32. The number of benzene rings is 1. The fraction of sp³-hybridized carbons (Fsp3) is 0.571. The molecule has 0 saturated carbocycles. The first kappa shape index (κ1) is 23.3. The van der Waals surface area contributed by atoms with Crippen molar-refractivity contribution in [1.29, 1.82) is 0 Å². The number of alkyl halides is 3. The third-order valence-electron chi connectivity index (χ3n) is 6.09. The first-order valence-electron chi connectivity index (χ1n) is 10.8. The molecule has 2 aromatic rings. The average Bonchev–Trinajstić information content (AvgIpc) is 3.27. The number of anilines is 1. The predicted octanol–water partition coefficient (Wildman–Crippen LogP) is 2.72. The normalized spacial score (nSPS) is 21.3. The fourth-order valence-electron chi connectivity index (χ4n) is 4.42. The lowest BCUT2D eigenvalue weighted by Gasteiger charge is -2.37. The van der Waals surface area contributed by atoms with Crippen LogP contribution in [0.15, 0.2) is 30.5 Å². The Labute approximate surface area is 189 Å². The van der Waals surface area contributed by atoms with Crippen molar-refractivity contribution in [3.05, 3.63) is 46.1 Å². The molecule has 0 N–H and O–H groups in total. The number of halogens is 3. The SMILES string of the molecule is CN(CCN1CCN(c2ccc(C(F)(F)F)cc2)CC1)CC1(C)Cn2cc([N+](=O)[O-])nc2O1. The minimum atomic E-state index is -4.32. The zero-order valence-corrected chi connectivity index (χ0v) is 18.6. The van der Waals surface area contributed by atoms with E-state index >= 15 is 0 Å². The number of nitro groups is 1. The molecule has 2 aliphatic rings. The van der Waals surface area contributed by atoms with Crippen molar-refractivity contribution in [3.63, 3.8) is 0 Å². The Morgan fingerprint density at radius 2 is 1.88 bits per heavy atom. The molecule has 1 fully saturated rings. The van der Waals surface area contributed by atoms with Gasteiger partial charge in [-0.25, -0.2) is 0 Å². The van der Waals surface area contributed by atoms with Gasteiger partial charge in [-0.3, -0.25) is 9.47 Å². The lowest BCUT2D eigenvalue weighted by Crippen LogP contribution is -2.50. The molecule has 4 rings (SSSR count). The largest absolute Gasteiger partial charge is 0.436 e. The number of aromatic nitrogens is 2. The molecule has 9 nitrogen and oxygen atoms in total. The molecule has 1 aromatic carbocycles. The summed E-state index contributed by atoms with van der Waals surface area (Å²) >= 11 is 0. The van der Waals surface area contributed by atoms with E-state index in [9.17, 15) is 23.3 Å². The number of rotatable bonds is 7. The number of hydrogen-bond acceptors (Lipinski definition) is 7. The third kappa shape index (κ3) is 5.38. The molecule has 1 atom stereocenters. The van der Waals surface area contributed by atoms with Gasteiger partial charge in [0.05, 0.1) is 12.1 Å². The monoisotopic (exact) mass is 468 g/mol. The van der Waals surface area contributed by atoms with Crippen molar-refractivity contribution in [1.82, 2.24) is 19.4 Å². The van der Waals surface area contributed by atoms with Gasteiger partial charge in [0.15, 0.2) is 0 Å². The van der Waals surface area contributed by atoms with E-state index in [1.165, 1.54) is 18.3 Å². The van der Waals surface area contributed by atoms with Crippen LogP contribution in [0.25, 0.3) is 0 Å². The van der Waals surface area contributed by atoms with Crippen LogP contribution in [0.2, 0.25) is 0 Å². The van der Waals surface area contributed by atoms with E-state index in [2.05, 4.69) is 19.7 Å². The van der Waals surface area contributed by atoms with Gasteiger partial charge in [0, 0.05) is 56.5 Å². The van der Waals surface area contributed by atoms with Crippen molar-refractivity contribution in [3.8, 4) is 6.01 Å². The lowest BCUT2D eigenvalue weighted by molar-refractivity contribution is -0.389. The predicted molar refractivity (Wildman–Crippen MR) is 116 cm³/mol. The molecular weight excluding hydrogens is 441 g/mol. The Hall–Kier alpha value is -2.86. The summed E-state index contributed by atoms with van der Waals surface area (Å²) in [7, 11) is 2.01. The molecule has 1 saturated heterocycles. The maximum Gasteiger partial charge on any atom is 0.416 e. The van der Waals surface area contributed by atoms with Crippen LogP contribution in [-0.4, -0.2) is 82.7 Å². The van der Waals surface area contributed by atoms with Gasteiger partial charge in [-0.1, -0.05) is 0 Å². The topological polar surface area (TPSA) is 79.9 Å². The van der Waals surface area contributed by atoms with Gasteiger partial charge in [0.1, 0.15) is 11.8 Å². The summed E-state index contributed by atoms with van der Waals surface area (Å²) in [5, 5.41) is 10.8. The summed E-state index contributed by atoms with van der Waals surface area (Å²) in [5.41, 5.74) is -0.327. The summed E-state index contributed by atoms with van der Waals surface area (Å²) in [6, 6.07) is 5.61. The molecule has 1 unspecified atom stereocenters. The third-order valence-corrected chi connectivity index (χ3v) is 6.09. The standard InChI is InChI=1S/C21H27F3N6O3/c1-20(15-29-13-18(30(31)32)25-19(29)33-20)14-26(2)7-8-27-9-11-28(12-10-27)17-5-3-16(4-6-17)21(22,23)24/h3-6,13H,7-12,14-15H2,1-2H3. The fourth-order valence-corrected chi connectivity index (χ4v) is 4.42. The van der Waals surface area contributed by atoms with E-state index in [1.807, 2.05) is 14.0 Å². The Morgan fingerprint density at radius 3 is 2.45 bits per heavy atom. The van der Waals surface area contributed by atoms with Gasteiger partial charge in [-0.05, 0) is 43.2 Å². The maximum absolute atomic E-state index is 12.8. The number of ether oxygens (including phenoxy) is 1. The summed E-state index contributed by atoms with van der Waals surface area (Å²) in [6.45, 7) is 7.99. The summed E-state index contributed by atoms with van der Waals surface area (Å²) in [6.07, 6.45) is -2.92. The molecule has 0 bridgehead atoms. The number of hydrogen-bond donors (Lipinski definition) is 0. The van der Waals surface area contributed by atoms with E-state index in [4.69, 9.17) is 4.74 Å². The van der Waals surface area contributed by atoms with Crippen LogP contribution in [0.1, 0.15) is 12.5 Å². The minimum Gasteiger partial charge on any atom is -0.436 e. The molecule has 1 aromatic heterocycles. The Morgan fingerprint density at radius 1 is 1.21 bits per heavy atom. The Bertz CT molecular complexity index is 963. The average molecular weight is 468 g/mol. The van der Waals surface area contributed by atoms with Gasteiger partial charge >= 0.3 is 18.0 Å². The Kier molecular flexibility index (Phi) is 6.23. The summed E-state index contributed by atoms with van der Waals surface area (Å²) in [4.78, 5) is 20.8. The molecule has 33 heavy (non-hydrogen) atoms. The highest BCUT2D eigenvalue weighted by atomic mass is 19.4. The number of imidazole rings is 1. The van der Waals surface area contributed by atoms with Crippen LogP contribution >= 0.6 is 0 Å². The highest BCUT2D eigenvalue weighted by molar-refractivity contribution is 5.48. The molecule has 12 heteroatoms. The van der Waals surface area contributed by atoms with Crippen LogP contribution in [-0.2, 0) is 12.7 Å². The minimum absolute atomic E-state index is 0.212. The van der Waals surface area contributed by atoms with Crippen LogP contribution in [0.5, 0.6) is 6.01 Å². The van der Waals surface area contributed by atoms with E-state index in [-0.39, 0.29) is 11.8 Å². The van der Waals surface area contributed by atoms with Gasteiger partial charge in [-0.2, -0.15) is 13.2 Å². The smallest absolute Gasteiger partial charge is 0.416 e. The van der Waals surface area contributed by atoms with Crippen molar-refractivity contribution in [2.45, 2.75) is 25.2 Å². The second kappa shape index (κ2) is 8.82. The summed E-state index contributed by atoms with van der Waals surface area (Å²) in [5.74, 6) is -0.212. The summed E-state index contributed by atoms with van der Waals surface area (Å²) < 4.78 is 45.8. The second-order valence-electron chi connectivity index (χ2n) is 8.93. The number of piperazine rings is 1. The van der Waals surface area contributed by atoms with Gasteiger partial charge in [0.25, 0.3) is 0 Å². The molecule has 180 valence electrons. The van der Waals surface area contributed by atoms with Crippen LogP contribution < -0.4 is 9.64 Å². The molecule has 2 aliphatic heterocycles. The van der Waals surface area contributed by atoms with Gasteiger partial charge < -0.3 is 24.7 Å². The Balaban J connectivity index is 1.20. The highest BCUT2D eigenvalue weighted by Gasteiger charge is 2.41. The van der Waals surface area contributed by atoms with Gasteiger partial charge in [-0.15, -0.1) is 0 Å². The molecule has 0 radical (unpaired) electrons. The van der Waals surface area contributed by atoms with E-state index < -0.39 is 22.3 Å². The van der Waals surface area contributed by atoms with Crippen LogP contribution in [0.4, 0.5) is 24.7 Å². The lowest BCUT2D eigenvalue weighted by atomic mass is 10.1. The maximum atomic E-state index is 12.8. The quantitative estimate of drug-likeness (QED) is 0.457. The second-order valence-corrected chi connectivity index (χ2v) is 8.93. The molecular formula is C21H27F3N6O3. The zero-order valence-electron chi connectivity index (χ0n) is 18.6. The number of fused-ring (bicyclic) bond motifs is 1. The number of likely N-dealkylation sites (N-methyl/N-ethyl adjacent to an activating group) is 1. The van der Waals surface area contributed by atoms with Crippen molar-refractivity contribution in [2.75, 3.05) is 57.8 Å². The van der Waals surface area contributed by atoms with Crippen LogP contribution in [0.3, 0.4) is 0 Å². The molecule has 0 spiro atoms. The number of nitrogens with zero attached hydrogens (tertiary/aromatic N) is 6. The first-order chi connectivity index (χ1) is 15.5. The van der Waals surface area contributed by atoms with Crippen molar-refractivity contribution in [2.24, 2.45) is 0 Å². The molecule has 0 amide bonds. The van der Waals surface area contributed by atoms with E-state index in [0.29, 0.717) is 13.1 Å². The van der Waals surface area contributed by atoms with Gasteiger partial charge in [0.2, 0.25) is 0 Å². The first-order valence-corrected chi connectivity index (χ1v) is 10.8.